The topological polar surface area (TPSA) is 37.3 Å². The lowest BCUT2D eigenvalue weighted by molar-refractivity contribution is -0.136. The minimum atomic E-state index is -0.722. The van der Waals surface area contributed by atoms with Crippen molar-refractivity contribution in [2.45, 2.75) is 72.6 Å². The average molecular weight is 278 g/mol. The van der Waals surface area contributed by atoms with Crippen LogP contribution in [0.2, 0.25) is 0 Å². The van der Waals surface area contributed by atoms with E-state index >= 15 is 0 Å². The molecule has 0 aromatic carbocycles. The van der Waals surface area contributed by atoms with E-state index in [9.17, 15) is 4.79 Å². The molecule has 0 saturated carbocycles. The zero-order valence-corrected chi connectivity index (χ0v) is 13.5. The highest BCUT2D eigenvalue weighted by molar-refractivity contribution is 5.66. The Balaban J connectivity index is 3.89. The van der Waals surface area contributed by atoms with Crippen LogP contribution >= 0.6 is 0 Å². The third-order valence-corrected chi connectivity index (χ3v) is 3.47. The standard InChI is InChI=1S/C18H30O2/c1-5-15(2)9-6-10-16(3)11-7-12-17(4)13-8-14-18(19)20/h9,11,13H,5-8,10,12,14H2,1-4H3,(H,19,20). The Hall–Kier alpha value is -1.31. The molecule has 0 aromatic rings. The van der Waals surface area contributed by atoms with Gasteiger partial charge in [0.2, 0.25) is 0 Å². The normalized spacial score (nSPS) is 13.7. The van der Waals surface area contributed by atoms with Gasteiger partial charge < -0.3 is 5.11 Å². The van der Waals surface area contributed by atoms with Gasteiger partial charge >= 0.3 is 5.97 Å². The number of hydrogen-bond acceptors (Lipinski definition) is 1. The van der Waals surface area contributed by atoms with E-state index in [0.717, 1.165) is 32.1 Å². The maximum absolute atomic E-state index is 10.4. The summed E-state index contributed by atoms with van der Waals surface area (Å²) in [7, 11) is 0. The van der Waals surface area contributed by atoms with Crippen molar-refractivity contribution in [1.82, 2.24) is 0 Å². The molecule has 0 aliphatic carbocycles. The first-order chi connectivity index (χ1) is 9.45. The second-order valence-corrected chi connectivity index (χ2v) is 5.51. The van der Waals surface area contributed by atoms with E-state index in [-0.39, 0.29) is 6.42 Å². The van der Waals surface area contributed by atoms with Crippen LogP contribution in [0.25, 0.3) is 0 Å². The molecule has 0 fully saturated rings. The third-order valence-electron chi connectivity index (χ3n) is 3.47. The summed E-state index contributed by atoms with van der Waals surface area (Å²) in [6.45, 7) is 8.65. The zero-order valence-electron chi connectivity index (χ0n) is 13.5. The SMILES string of the molecule is CCC(C)=CCCC(C)=CCCC(C)=CCCC(=O)O. The molecule has 0 amide bonds. The van der Waals surface area contributed by atoms with Crippen LogP contribution in [-0.4, -0.2) is 11.1 Å². The molecule has 2 nitrogen and oxygen atoms in total. The maximum Gasteiger partial charge on any atom is 0.303 e. The molecule has 0 aromatic heterocycles. The Kier molecular flexibility index (Phi) is 10.8. The molecule has 0 bridgehead atoms. The molecular weight excluding hydrogens is 248 g/mol. The minimum absolute atomic E-state index is 0.231. The van der Waals surface area contributed by atoms with Crippen molar-refractivity contribution >= 4 is 5.97 Å². The second-order valence-electron chi connectivity index (χ2n) is 5.51. The predicted octanol–water partition coefficient (Wildman–Crippen LogP) is 5.66. The summed E-state index contributed by atoms with van der Waals surface area (Å²) in [4.78, 5) is 10.4. The van der Waals surface area contributed by atoms with Gasteiger partial charge in [-0.25, -0.2) is 0 Å². The summed E-state index contributed by atoms with van der Waals surface area (Å²) in [6.07, 6.45) is 13.1. The fourth-order valence-corrected chi connectivity index (χ4v) is 1.88. The van der Waals surface area contributed by atoms with E-state index in [1.54, 1.807) is 0 Å². The minimum Gasteiger partial charge on any atom is -0.481 e. The molecule has 0 atom stereocenters. The van der Waals surface area contributed by atoms with Crippen LogP contribution in [0.4, 0.5) is 0 Å². The summed E-state index contributed by atoms with van der Waals surface area (Å²) in [5.41, 5.74) is 4.20. The van der Waals surface area contributed by atoms with Crippen LogP contribution in [0.15, 0.2) is 34.9 Å². The van der Waals surface area contributed by atoms with E-state index < -0.39 is 5.97 Å². The van der Waals surface area contributed by atoms with Gasteiger partial charge in [-0.2, -0.15) is 0 Å². The van der Waals surface area contributed by atoms with Crippen molar-refractivity contribution in [3.8, 4) is 0 Å². The fourth-order valence-electron chi connectivity index (χ4n) is 1.88. The Labute approximate surface area is 124 Å². The van der Waals surface area contributed by atoms with Crippen molar-refractivity contribution in [1.29, 1.82) is 0 Å². The van der Waals surface area contributed by atoms with Gasteiger partial charge in [0.15, 0.2) is 0 Å². The molecule has 2 heteroatoms. The van der Waals surface area contributed by atoms with E-state index in [4.69, 9.17) is 5.11 Å². The smallest absolute Gasteiger partial charge is 0.303 e. The van der Waals surface area contributed by atoms with Gasteiger partial charge in [0.05, 0.1) is 0 Å². The quantitative estimate of drug-likeness (QED) is 0.523. The lowest BCUT2D eigenvalue weighted by atomic mass is 10.1. The molecule has 0 saturated heterocycles. The van der Waals surface area contributed by atoms with Crippen molar-refractivity contribution < 1.29 is 9.90 Å². The Bertz CT molecular complexity index is 373. The van der Waals surface area contributed by atoms with Gasteiger partial charge in [0.25, 0.3) is 0 Å². The molecule has 114 valence electrons. The van der Waals surface area contributed by atoms with Gasteiger partial charge in [-0.15, -0.1) is 0 Å². The number of hydrogen-bond donors (Lipinski definition) is 1. The van der Waals surface area contributed by atoms with E-state index in [0.29, 0.717) is 6.42 Å². The number of carboxylic acid groups (broad SMARTS) is 1. The van der Waals surface area contributed by atoms with Crippen LogP contribution in [0, 0.1) is 0 Å². The highest BCUT2D eigenvalue weighted by Crippen LogP contribution is 2.12. The van der Waals surface area contributed by atoms with Crippen LogP contribution in [0.1, 0.15) is 72.6 Å². The summed E-state index contributed by atoms with van der Waals surface area (Å²) < 4.78 is 0. The lowest BCUT2D eigenvalue weighted by Crippen LogP contribution is -1.92. The maximum atomic E-state index is 10.4. The van der Waals surface area contributed by atoms with Gasteiger partial charge in [-0.05, 0) is 59.3 Å². The Morgan fingerprint density at radius 2 is 1.20 bits per heavy atom. The largest absolute Gasteiger partial charge is 0.481 e. The Morgan fingerprint density at radius 3 is 1.60 bits per heavy atom. The van der Waals surface area contributed by atoms with Crippen LogP contribution < -0.4 is 0 Å². The number of rotatable bonds is 10. The average Bonchev–Trinajstić information content (AvgIpc) is 2.38. The highest BCUT2D eigenvalue weighted by atomic mass is 16.4. The molecule has 0 aliphatic rings. The van der Waals surface area contributed by atoms with E-state index in [1.165, 1.54) is 16.7 Å². The number of carbonyl (C=O) groups is 1. The molecule has 0 rings (SSSR count). The second kappa shape index (κ2) is 11.5. The number of allylic oxidation sites excluding steroid dienone is 6. The summed E-state index contributed by atoms with van der Waals surface area (Å²) >= 11 is 0. The van der Waals surface area contributed by atoms with Gasteiger partial charge in [-0.3, -0.25) is 4.79 Å². The van der Waals surface area contributed by atoms with Crippen molar-refractivity contribution in [2.24, 2.45) is 0 Å². The highest BCUT2D eigenvalue weighted by Gasteiger charge is 1.95. The Morgan fingerprint density at radius 1 is 0.800 bits per heavy atom. The van der Waals surface area contributed by atoms with Crippen molar-refractivity contribution in [3.05, 3.63) is 34.9 Å². The molecule has 0 radical (unpaired) electrons. The van der Waals surface area contributed by atoms with Gasteiger partial charge in [0, 0.05) is 6.42 Å². The lowest BCUT2D eigenvalue weighted by Gasteiger charge is -2.01. The van der Waals surface area contributed by atoms with Crippen molar-refractivity contribution in [3.63, 3.8) is 0 Å². The number of carboxylic acids is 1. The molecule has 0 unspecified atom stereocenters. The molecule has 0 spiro atoms. The van der Waals surface area contributed by atoms with Crippen LogP contribution in [0.3, 0.4) is 0 Å². The summed E-state index contributed by atoms with van der Waals surface area (Å²) in [6, 6.07) is 0. The van der Waals surface area contributed by atoms with Crippen LogP contribution in [-0.2, 0) is 4.79 Å². The van der Waals surface area contributed by atoms with Gasteiger partial charge in [0.1, 0.15) is 0 Å². The third kappa shape index (κ3) is 11.8. The van der Waals surface area contributed by atoms with E-state index in [1.807, 2.05) is 6.08 Å². The monoisotopic (exact) mass is 278 g/mol. The molecule has 20 heavy (non-hydrogen) atoms. The zero-order chi connectivity index (χ0) is 15.4. The first kappa shape index (κ1) is 18.7. The molecular formula is C18H30O2. The van der Waals surface area contributed by atoms with Crippen LogP contribution in [0.5, 0.6) is 0 Å². The molecule has 1 N–H and O–H groups in total. The van der Waals surface area contributed by atoms with E-state index in [2.05, 4.69) is 39.8 Å². The van der Waals surface area contributed by atoms with Gasteiger partial charge in [-0.1, -0.05) is 41.9 Å². The number of aliphatic carboxylic acids is 1. The summed E-state index contributed by atoms with van der Waals surface area (Å²) in [5.74, 6) is -0.722. The first-order valence-corrected chi connectivity index (χ1v) is 7.64. The van der Waals surface area contributed by atoms with Crippen molar-refractivity contribution in [2.75, 3.05) is 0 Å². The molecule has 0 aliphatic heterocycles. The fraction of sp³-hybridized carbons (Fsp3) is 0.611. The predicted molar refractivity (Wildman–Crippen MR) is 86.9 cm³/mol. The first-order valence-electron chi connectivity index (χ1n) is 7.64. The summed E-state index contributed by atoms with van der Waals surface area (Å²) in [5, 5.41) is 8.57. The molecule has 0 heterocycles.